The Balaban J connectivity index is 0.00000117. The van der Waals surface area contributed by atoms with E-state index >= 15 is 0 Å². The molecule has 0 unspecified atom stereocenters. The largest absolute Gasteiger partial charge is 0.366 e. The van der Waals surface area contributed by atoms with Crippen molar-refractivity contribution in [2.24, 2.45) is 5.73 Å². The van der Waals surface area contributed by atoms with Gasteiger partial charge in [0, 0.05) is 28.0 Å². The predicted molar refractivity (Wildman–Crippen MR) is 122 cm³/mol. The van der Waals surface area contributed by atoms with Crippen molar-refractivity contribution < 1.29 is 4.79 Å². The number of halogens is 1. The van der Waals surface area contributed by atoms with Crippen LogP contribution in [-0.4, -0.2) is 10.9 Å². The smallest absolute Gasteiger partial charge is 0.248 e. The average Bonchev–Trinajstić information content (AvgIpc) is 2.79. The van der Waals surface area contributed by atoms with Crippen LogP contribution in [0.1, 0.15) is 29.8 Å². The summed E-state index contributed by atoms with van der Waals surface area (Å²) in [5.74, 6) is 0.0336. The van der Waals surface area contributed by atoms with Crippen molar-refractivity contribution in [1.82, 2.24) is 4.98 Å². The molecule has 4 aromatic rings. The zero-order chi connectivity index (χ0) is 20.8. The van der Waals surface area contributed by atoms with Gasteiger partial charge in [0.25, 0.3) is 0 Å². The molecule has 4 rings (SSSR count). The van der Waals surface area contributed by atoms with Gasteiger partial charge in [-0.2, -0.15) is 0 Å². The van der Waals surface area contributed by atoms with Gasteiger partial charge in [0.05, 0.1) is 11.2 Å². The molecule has 0 radical (unpaired) electrons. The van der Waals surface area contributed by atoms with Gasteiger partial charge < -0.3 is 5.73 Å². The lowest BCUT2D eigenvalue weighted by atomic mass is 9.96. The molecule has 146 valence electrons. The zero-order valence-corrected chi connectivity index (χ0v) is 17.3. The van der Waals surface area contributed by atoms with E-state index in [0.717, 1.165) is 38.9 Å². The van der Waals surface area contributed by atoms with Gasteiger partial charge in [-0.25, -0.2) is 4.98 Å². The topological polar surface area (TPSA) is 56.0 Å². The highest BCUT2D eigenvalue weighted by Crippen LogP contribution is 2.33. The summed E-state index contributed by atoms with van der Waals surface area (Å²) < 4.78 is 0. The number of carbonyl (C=O) groups is 1. The Bertz CT molecular complexity index is 1120. The minimum atomic E-state index is -0.445. The van der Waals surface area contributed by atoms with E-state index in [2.05, 4.69) is 18.2 Å². The van der Waals surface area contributed by atoms with E-state index in [1.165, 1.54) is 0 Å². The van der Waals surface area contributed by atoms with Gasteiger partial charge in [-0.15, -0.1) is 11.6 Å². The fraction of sp³-hybridized carbons (Fsp3) is 0.120. The van der Waals surface area contributed by atoms with E-state index in [1.807, 2.05) is 62.4 Å². The second-order valence-electron chi connectivity index (χ2n) is 6.35. The third-order valence-electron chi connectivity index (χ3n) is 4.57. The molecule has 0 atom stereocenters. The SMILES string of the molecule is CC.NC(=O)c1ccc2nc(-c3ccc(CCl)cc3)c(-c3ccccc3)cc2c1. The molecule has 2 N–H and O–H groups in total. The van der Waals surface area contributed by atoms with Crippen LogP contribution >= 0.6 is 11.6 Å². The van der Waals surface area contributed by atoms with Crippen LogP contribution < -0.4 is 5.73 Å². The Morgan fingerprint density at radius 1 is 0.897 bits per heavy atom. The first-order valence-corrected chi connectivity index (χ1v) is 10.1. The van der Waals surface area contributed by atoms with Gasteiger partial charge in [0.2, 0.25) is 5.91 Å². The number of amides is 1. The van der Waals surface area contributed by atoms with Crippen molar-refractivity contribution in [3.63, 3.8) is 0 Å². The third kappa shape index (κ3) is 4.47. The number of fused-ring (bicyclic) bond motifs is 1. The van der Waals surface area contributed by atoms with Gasteiger partial charge in [0.15, 0.2) is 0 Å². The second kappa shape index (κ2) is 9.35. The van der Waals surface area contributed by atoms with E-state index in [-0.39, 0.29) is 0 Å². The number of benzene rings is 3. The summed E-state index contributed by atoms with van der Waals surface area (Å²) in [6.45, 7) is 4.00. The highest BCUT2D eigenvalue weighted by Gasteiger charge is 2.12. The average molecular weight is 403 g/mol. The molecule has 1 amide bonds. The third-order valence-corrected chi connectivity index (χ3v) is 4.87. The highest BCUT2D eigenvalue weighted by molar-refractivity contribution is 6.17. The number of nitrogens with zero attached hydrogens (tertiary/aromatic N) is 1. The molecule has 0 spiro atoms. The van der Waals surface area contributed by atoms with Crippen molar-refractivity contribution in [2.75, 3.05) is 0 Å². The number of rotatable bonds is 4. The van der Waals surface area contributed by atoms with Crippen LogP contribution in [0.4, 0.5) is 0 Å². The van der Waals surface area contributed by atoms with Gasteiger partial charge in [-0.05, 0) is 35.4 Å². The van der Waals surface area contributed by atoms with E-state index in [9.17, 15) is 4.79 Å². The van der Waals surface area contributed by atoms with E-state index in [0.29, 0.717) is 11.4 Å². The van der Waals surface area contributed by atoms with Crippen LogP contribution in [-0.2, 0) is 5.88 Å². The molecule has 3 nitrogen and oxygen atoms in total. The summed E-state index contributed by atoms with van der Waals surface area (Å²) in [6, 6.07) is 25.6. The number of aromatic nitrogens is 1. The fourth-order valence-corrected chi connectivity index (χ4v) is 3.32. The molecule has 0 aliphatic carbocycles. The molecule has 29 heavy (non-hydrogen) atoms. The second-order valence-corrected chi connectivity index (χ2v) is 6.62. The van der Waals surface area contributed by atoms with Crippen molar-refractivity contribution in [3.05, 3.63) is 90.0 Å². The first-order valence-electron chi connectivity index (χ1n) is 9.61. The van der Waals surface area contributed by atoms with Crippen LogP contribution in [0.25, 0.3) is 33.3 Å². The Hall–Kier alpha value is -3.17. The maximum Gasteiger partial charge on any atom is 0.248 e. The lowest BCUT2D eigenvalue weighted by molar-refractivity contribution is 0.100. The van der Waals surface area contributed by atoms with Crippen LogP contribution in [0.5, 0.6) is 0 Å². The van der Waals surface area contributed by atoms with Crippen molar-refractivity contribution in [1.29, 1.82) is 0 Å². The van der Waals surface area contributed by atoms with Crippen LogP contribution in [0.3, 0.4) is 0 Å². The summed E-state index contributed by atoms with van der Waals surface area (Å²) >= 11 is 5.92. The maximum atomic E-state index is 11.5. The first kappa shape index (κ1) is 20.6. The minimum absolute atomic E-state index is 0.445. The van der Waals surface area contributed by atoms with Crippen molar-refractivity contribution >= 4 is 28.4 Å². The van der Waals surface area contributed by atoms with E-state index in [1.54, 1.807) is 12.1 Å². The van der Waals surface area contributed by atoms with Gasteiger partial charge in [0.1, 0.15) is 0 Å². The quantitative estimate of drug-likeness (QED) is 0.399. The zero-order valence-electron chi connectivity index (χ0n) is 16.5. The summed E-state index contributed by atoms with van der Waals surface area (Å²) in [4.78, 5) is 16.4. The van der Waals surface area contributed by atoms with Crippen molar-refractivity contribution in [3.8, 4) is 22.4 Å². The van der Waals surface area contributed by atoms with Gasteiger partial charge >= 0.3 is 0 Å². The van der Waals surface area contributed by atoms with Crippen molar-refractivity contribution in [2.45, 2.75) is 19.7 Å². The maximum absolute atomic E-state index is 11.5. The number of hydrogen-bond acceptors (Lipinski definition) is 2. The fourth-order valence-electron chi connectivity index (χ4n) is 3.14. The molecule has 0 saturated heterocycles. The Morgan fingerprint density at radius 3 is 2.21 bits per heavy atom. The summed E-state index contributed by atoms with van der Waals surface area (Å²) in [7, 11) is 0. The lowest BCUT2D eigenvalue weighted by Gasteiger charge is -2.12. The standard InChI is InChI=1S/C23H17ClN2O.C2H6/c24-14-15-6-8-17(9-7-15)22-20(16-4-2-1-3-5-16)13-19-12-18(23(25)27)10-11-21(19)26-22;1-2/h1-13H,14H2,(H2,25,27);1-2H3. The summed E-state index contributed by atoms with van der Waals surface area (Å²) in [5.41, 5.74) is 11.8. The summed E-state index contributed by atoms with van der Waals surface area (Å²) in [6.07, 6.45) is 0. The molecule has 3 aromatic carbocycles. The number of nitrogens with two attached hydrogens (primary N) is 1. The summed E-state index contributed by atoms with van der Waals surface area (Å²) in [5, 5.41) is 0.881. The molecule has 1 heterocycles. The van der Waals surface area contributed by atoms with E-state index < -0.39 is 5.91 Å². The number of primary amides is 1. The molecular weight excluding hydrogens is 380 g/mol. The monoisotopic (exact) mass is 402 g/mol. The number of pyridine rings is 1. The highest BCUT2D eigenvalue weighted by atomic mass is 35.5. The molecule has 4 heteroatoms. The number of alkyl halides is 1. The van der Waals surface area contributed by atoms with Crippen LogP contribution in [0.15, 0.2) is 78.9 Å². The molecule has 0 aliphatic heterocycles. The lowest BCUT2D eigenvalue weighted by Crippen LogP contribution is -2.10. The first-order chi connectivity index (χ1) is 14.2. The Labute approximate surface area is 176 Å². The van der Waals surface area contributed by atoms with Gasteiger partial charge in [-0.1, -0.05) is 68.4 Å². The molecule has 0 fully saturated rings. The Kier molecular flexibility index (Phi) is 6.63. The molecule has 0 saturated carbocycles. The predicted octanol–water partition coefficient (Wildman–Crippen LogP) is 6.43. The molecule has 1 aromatic heterocycles. The van der Waals surface area contributed by atoms with E-state index in [4.69, 9.17) is 22.3 Å². The molecule has 0 aliphatic rings. The normalized spacial score (nSPS) is 10.3. The molecule has 0 bridgehead atoms. The minimum Gasteiger partial charge on any atom is -0.366 e. The van der Waals surface area contributed by atoms with Crippen LogP contribution in [0.2, 0.25) is 0 Å². The molecular formula is C25H23ClN2O. The van der Waals surface area contributed by atoms with Gasteiger partial charge in [-0.3, -0.25) is 4.79 Å². The number of carbonyl (C=O) groups excluding carboxylic acids is 1. The van der Waals surface area contributed by atoms with Crippen LogP contribution in [0, 0.1) is 0 Å². The Morgan fingerprint density at radius 2 is 1.59 bits per heavy atom. The number of hydrogen-bond donors (Lipinski definition) is 1.